The molecule has 3 N–H and O–H groups in total. The molecule has 0 aromatic carbocycles. The number of carbonyl (C=O) groups is 1. The molecule has 1 aliphatic carbocycles. The van der Waals surface area contributed by atoms with E-state index in [1.165, 1.54) is 0 Å². The van der Waals surface area contributed by atoms with Gasteiger partial charge in [0.25, 0.3) is 0 Å². The number of anilines is 2. The molecule has 2 heterocycles. The molecule has 2 aliphatic rings. The molecule has 1 saturated carbocycles. The van der Waals surface area contributed by atoms with Gasteiger partial charge < -0.3 is 20.5 Å². The normalized spacial score (nSPS) is 31.7. The van der Waals surface area contributed by atoms with E-state index in [-0.39, 0.29) is 36.0 Å². The number of carboxylic acids is 1. The smallest absolute Gasteiger partial charge is 0.329 e. The fourth-order valence-electron chi connectivity index (χ4n) is 4.34. The van der Waals surface area contributed by atoms with Crippen molar-refractivity contribution in [1.29, 1.82) is 0 Å². The highest BCUT2D eigenvalue weighted by Crippen LogP contribution is 2.44. The standard InChI is InChI=1S/C19H28FN5O5/c1-3-11-8-12(4-6-19(11,2)17(26)27)22-16-15(25(28)29)9-21-18(24-16)23-14-5-7-30-10-13(14)20/h9,11-14H,3-8,10H2,1-2H3,(H,26,27)(H2,21,22,23,24)/t11?,12-,13+,14-,19+/m0/s1. The lowest BCUT2D eigenvalue weighted by molar-refractivity contribution is -0.384. The molecule has 3 rings (SSSR count). The Hall–Kier alpha value is -2.56. The summed E-state index contributed by atoms with van der Waals surface area (Å²) in [5.74, 6) is -0.714. The van der Waals surface area contributed by atoms with Crippen molar-refractivity contribution in [2.24, 2.45) is 11.3 Å². The molecule has 10 nitrogen and oxygen atoms in total. The van der Waals surface area contributed by atoms with E-state index in [4.69, 9.17) is 4.74 Å². The highest BCUT2D eigenvalue weighted by atomic mass is 19.1. The summed E-state index contributed by atoms with van der Waals surface area (Å²) in [6.07, 6.45) is 2.61. The van der Waals surface area contributed by atoms with Gasteiger partial charge >= 0.3 is 11.7 Å². The Labute approximate surface area is 173 Å². The van der Waals surface area contributed by atoms with Gasteiger partial charge in [-0.25, -0.2) is 9.37 Å². The van der Waals surface area contributed by atoms with Crippen LogP contribution in [0.5, 0.6) is 0 Å². The van der Waals surface area contributed by atoms with Crippen molar-refractivity contribution < 1.29 is 24.0 Å². The van der Waals surface area contributed by atoms with Crippen molar-refractivity contribution >= 4 is 23.4 Å². The molecule has 1 aromatic rings. The van der Waals surface area contributed by atoms with Gasteiger partial charge in [-0.2, -0.15) is 4.98 Å². The van der Waals surface area contributed by atoms with E-state index in [1.807, 2.05) is 6.92 Å². The van der Waals surface area contributed by atoms with E-state index in [0.29, 0.717) is 38.7 Å². The van der Waals surface area contributed by atoms with Crippen LogP contribution in [0.3, 0.4) is 0 Å². The largest absolute Gasteiger partial charge is 0.481 e. The van der Waals surface area contributed by atoms with Crippen LogP contribution >= 0.6 is 0 Å². The lowest BCUT2D eigenvalue weighted by atomic mass is 9.65. The summed E-state index contributed by atoms with van der Waals surface area (Å²) in [5.41, 5.74) is -1.08. The minimum absolute atomic E-state index is 0.0153. The topological polar surface area (TPSA) is 140 Å². The zero-order valence-corrected chi connectivity index (χ0v) is 17.1. The van der Waals surface area contributed by atoms with E-state index in [1.54, 1.807) is 6.92 Å². The first-order valence-corrected chi connectivity index (χ1v) is 10.2. The predicted molar refractivity (Wildman–Crippen MR) is 107 cm³/mol. The van der Waals surface area contributed by atoms with Gasteiger partial charge in [-0.3, -0.25) is 14.9 Å². The number of hydrogen-bond donors (Lipinski definition) is 3. The summed E-state index contributed by atoms with van der Waals surface area (Å²) in [6, 6.07) is -0.677. The minimum atomic E-state index is -1.22. The van der Waals surface area contributed by atoms with Gasteiger partial charge in [-0.1, -0.05) is 13.3 Å². The maximum absolute atomic E-state index is 14.0. The van der Waals surface area contributed by atoms with Crippen molar-refractivity contribution in [2.75, 3.05) is 23.8 Å². The summed E-state index contributed by atoms with van der Waals surface area (Å²) >= 11 is 0. The second kappa shape index (κ2) is 9.07. The Morgan fingerprint density at radius 3 is 2.87 bits per heavy atom. The van der Waals surface area contributed by atoms with E-state index in [9.17, 15) is 24.4 Å². The third-order valence-electron chi connectivity index (χ3n) is 6.37. The number of ether oxygens (including phenoxy) is 1. The highest BCUT2D eigenvalue weighted by molar-refractivity contribution is 5.74. The second-order valence-corrected chi connectivity index (χ2v) is 8.26. The molecule has 0 radical (unpaired) electrons. The summed E-state index contributed by atoms with van der Waals surface area (Å²) in [6.45, 7) is 4.11. The number of alkyl halides is 1. The van der Waals surface area contributed by atoms with Crippen LogP contribution < -0.4 is 10.6 Å². The molecule has 0 spiro atoms. The van der Waals surface area contributed by atoms with Crippen molar-refractivity contribution in [3.63, 3.8) is 0 Å². The summed E-state index contributed by atoms with van der Waals surface area (Å²) in [7, 11) is 0. The van der Waals surface area contributed by atoms with Gasteiger partial charge in [0.2, 0.25) is 11.8 Å². The molecule has 1 saturated heterocycles. The number of aromatic nitrogens is 2. The van der Waals surface area contributed by atoms with Crippen LogP contribution in [0.1, 0.15) is 46.0 Å². The lowest BCUT2D eigenvalue weighted by Gasteiger charge is -2.41. The molecule has 166 valence electrons. The van der Waals surface area contributed by atoms with E-state index in [0.717, 1.165) is 6.20 Å². The number of rotatable bonds is 7. The summed E-state index contributed by atoms with van der Waals surface area (Å²) in [5, 5.41) is 27.1. The Morgan fingerprint density at radius 2 is 2.23 bits per heavy atom. The molecule has 2 fully saturated rings. The molecule has 30 heavy (non-hydrogen) atoms. The summed E-state index contributed by atoms with van der Waals surface area (Å²) in [4.78, 5) is 30.8. The molecule has 1 aliphatic heterocycles. The monoisotopic (exact) mass is 425 g/mol. The number of halogens is 1. The molecule has 5 atom stereocenters. The van der Waals surface area contributed by atoms with Crippen LogP contribution in [-0.2, 0) is 9.53 Å². The van der Waals surface area contributed by atoms with Crippen molar-refractivity contribution in [3.8, 4) is 0 Å². The zero-order chi connectivity index (χ0) is 21.9. The first-order chi connectivity index (χ1) is 14.2. The van der Waals surface area contributed by atoms with Crippen LogP contribution in [0.4, 0.5) is 21.8 Å². The quantitative estimate of drug-likeness (QED) is 0.444. The predicted octanol–water partition coefficient (Wildman–Crippen LogP) is 3.01. The number of nitrogens with zero attached hydrogens (tertiary/aromatic N) is 3. The van der Waals surface area contributed by atoms with Crippen molar-refractivity contribution in [2.45, 2.75) is 64.2 Å². The Kier molecular flexibility index (Phi) is 6.69. The van der Waals surface area contributed by atoms with Crippen LogP contribution in [-0.4, -0.2) is 57.4 Å². The van der Waals surface area contributed by atoms with Gasteiger partial charge in [-0.15, -0.1) is 0 Å². The fourth-order valence-corrected chi connectivity index (χ4v) is 4.34. The van der Waals surface area contributed by atoms with Crippen LogP contribution in [0.25, 0.3) is 0 Å². The average molecular weight is 425 g/mol. The van der Waals surface area contributed by atoms with E-state index in [2.05, 4.69) is 20.6 Å². The van der Waals surface area contributed by atoms with E-state index >= 15 is 0 Å². The molecular weight excluding hydrogens is 397 g/mol. The average Bonchev–Trinajstić information content (AvgIpc) is 2.71. The number of carboxylic acid groups (broad SMARTS) is 1. The molecule has 0 bridgehead atoms. The van der Waals surface area contributed by atoms with Crippen molar-refractivity contribution in [1.82, 2.24) is 9.97 Å². The highest BCUT2D eigenvalue weighted by Gasteiger charge is 2.45. The van der Waals surface area contributed by atoms with Gasteiger partial charge in [0.05, 0.1) is 23.0 Å². The van der Waals surface area contributed by atoms with E-state index < -0.39 is 28.5 Å². The third-order valence-corrected chi connectivity index (χ3v) is 6.37. The Morgan fingerprint density at radius 1 is 1.47 bits per heavy atom. The van der Waals surface area contributed by atoms with Gasteiger partial charge in [0.1, 0.15) is 12.4 Å². The van der Waals surface area contributed by atoms with Gasteiger partial charge in [0.15, 0.2) is 0 Å². The molecule has 1 unspecified atom stereocenters. The Balaban J connectivity index is 1.77. The third kappa shape index (κ3) is 4.61. The SMILES string of the molecule is CCC1C[C@@H](Nc2nc(N[C@H]3CCOC[C@H]3F)ncc2[N+](=O)[O-])CC[C@@]1(C)C(=O)O. The number of nitro groups is 1. The molecular formula is C19H28FN5O5. The van der Waals surface area contributed by atoms with Gasteiger partial charge in [0, 0.05) is 12.6 Å². The minimum Gasteiger partial charge on any atom is -0.481 e. The zero-order valence-electron chi connectivity index (χ0n) is 17.1. The van der Waals surface area contributed by atoms with Gasteiger partial charge in [-0.05, 0) is 38.5 Å². The molecule has 0 amide bonds. The van der Waals surface area contributed by atoms with Crippen LogP contribution in [0, 0.1) is 21.4 Å². The van der Waals surface area contributed by atoms with Crippen LogP contribution in [0.2, 0.25) is 0 Å². The maximum Gasteiger partial charge on any atom is 0.329 e. The van der Waals surface area contributed by atoms with Crippen LogP contribution in [0.15, 0.2) is 6.20 Å². The Bertz CT molecular complexity index is 797. The summed E-state index contributed by atoms with van der Waals surface area (Å²) < 4.78 is 19.1. The lowest BCUT2D eigenvalue weighted by Crippen LogP contribution is -2.44. The molecule has 1 aromatic heterocycles. The first-order valence-electron chi connectivity index (χ1n) is 10.2. The maximum atomic E-state index is 14.0. The molecule has 11 heteroatoms. The fraction of sp³-hybridized carbons (Fsp3) is 0.737. The number of nitrogens with one attached hydrogen (secondary N) is 2. The first kappa shape index (κ1) is 22.1. The second-order valence-electron chi connectivity index (χ2n) is 8.26. The number of aliphatic carboxylic acids is 1. The van der Waals surface area contributed by atoms with Crippen molar-refractivity contribution in [3.05, 3.63) is 16.3 Å². The number of hydrogen-bond acceptors (Lipinski definition) is 8.